The van der Waals surface area contributed by atoms with Crippen LogP contribution in [0.5, 0.6) is 5.75 Å². The van der Waals surface area contributed by atoms with Gasteiger partial charge in [-0.3, -0.25) is 4.57 Å². The Bertz CT molecular complexity index is 762. The SMILES string of the molecule is COc1ccc(-n2c(CCCl)nc3cc(C)ccc32)cc1. The van der Waals surface area contributed by atoms with Crippen LogP contribution in [-0.2, 0) is 6.42 Å². The maximum atomic E-state index is 5.93. The molecule has 1 aromatic heterocycles. The highest BCUT2D eigenvalue weighted by Gasteiger charge is 2.12. The van der Waals surface area contributed by atoms with E-state index in [0.29, 0.717) is 5.88 Å². The van der Waals surface area contributed by atoms with Crippen LogP contribution in [-0.4, -0.2) is 22.5 Å². The van der Waals surface area contributed by atoms with Gasteiger partial charge in [-0.2, -0.15) is 0 Å². The maximum Gasteiger partial charge on any atom is 0.119 e. The lowest BCUT2D eigenvalue weighted by Crippen LogP contribution is -2.02. The first-order chi connectivity index (χ1) is 10.2. The number of hydrogen-bond donors (Lipinski definition) is 0. The fraction of sp³-hybridized carbons (Fsp3) is 0.235. The first kappa shape index (κ1) is 14.0. The third-order valence-electron chi connectivity index (χ3n) is 3.53. The molecule has 0 fully saturated rings. The summed E-state index contributed by atoms with van der Waals surface area (Å²) in [5.41, 5.74) is 4.39. The first-order valence-corrected chi connectivity index (χ1v) is 7.45. The van der Waals surface area contributed by atoms with Gasteiger partial charge < -0.3 is 4.74 Å². The van der Waals surface area contributed by atoms with Gasteiger partial charge >= 0.3 is 0 Å². The van der Waals surface area contributed by atoms with Gasteiger partial charge in [0.25, 0.3) is 0 Å². The molecule has 4 heteroatoms. The number of nitrogens with zero attached hydrogens (tertiary/aromatic N) is 2. The van der Waals surface area contributed by atoms with Gasteiger partial charge in [0, 0.05) is 18.0 Å². The largest absolute Gasteiger partial charge is 0.497 e. The Morgan fingerprint density at radius 2 is 1.90 bits per heavy atom. The summed E-state index contributed by atoms with van der Waals surface area (Å²) in [6.07, 6.45) is 0.737. The average Bonchev–Trinajstić information content (AvgIpc) is 2.85. The van der Waals surface area contributed by atoms with Crippen molar-refractivity contribution in [2.45, 2.75) is 13.3 Å². The molecule has 0 aliphatic heterocycles. The second-order valence-electron chi connectivity index (χ2n) is 4.99. The van der Waals surface area contributed by atoms with E-state index < -0.39 is 0 Å². The minimum atomic E-state index is 0.554. The zero-order valence-electron chi connectivity index (χ0n) is 12.1. The molecule has 0 bridgehead atoms. The second kappa shape index (κ2) is 5.78. The van der Waals surface area contributed by atoms with E-state index in [1.54, 1.807) is 7.11 Å². The lowest BCUT2D eigenvalue weighted by atomic mass is 10.2. The van der Waals surface area contributed by atoms with Crippen molar-refractivity contribution in [3.05, 3.63) is 53.9 Å². The summed E-state index contributed by atoms with van der Waals surface area (Å²) in [5, 5.41) is 0. The predicted molar refractivity (Wildman–Crippen MR) is 86.8 cm³/mol. The van der Waals surface area contributed by atoms with Crippen molar-refractivity contribution >= 4 is 22.6 Å². The fourth-order valence-electron chi connectivity index (χ4n) is 2.51. The summed E-state index contributed by atoms with van der Waals surface area (Å²) < 4.78 is 7.38. The van der Waals surface area contributed by atoms with Crippen LogP contribution >= 0.6 is 11.6 Å². The molecule has 0 aliphatic rings. The number of aryl methyl sites for hydroxylation is 2. The molecule has 0 radical (unpaired) electrons. The molecule has 0 aliphatic carbocycles. The van der Waals surface area contributed by atoms with Gasteiger partial charge in [0.05, 0.1) is 18.1 Å². The van der Waals surface area contributed by atoms with E-state index >= 15 is 0 Å². The molecule has 0 saturated carbocycles. The Morgan fingerprint density at radius 3 is 2.57 bits per heavy atom. The fourth-order valence-corrected chi connectivity index (χ4v) is 2.68. The van der Waals surface area contributed by atoms with Gasteiger partial charge in [-0.05, 0) is 48.9 Å². The number of imidazole rings is 1. The van der Waals surface area contributed by atoms with Crippen molar-refractivity contribution in [1.82, 2.24) is 9.55 Å². The van der Waals surface area contributed by atoms with Gasteiger partial charge in [0.2, 0.25) is 0 Å². The molecule has 3 nitrogen and oxygen atoms in total. The predicted octanol–water partition coefficient (Wildman–Crippen LogP) is 4.12. The second-order valence-corrected chi connectivity index (χ2v) is 5.37. The van der Waals surface area contributed by atoms with Gasteiger partial charge in [0.15, 0.2) is 0 Å². The van der Waals surface area contributed by atoms with Crippen molar-refractivity contribution in [3.63, 3.8) is 0 Å². The van der Waals surface area contributed by atoms with E-state index in [0.717, 1.165) is 34.7 Å². The zero-order valence-corrected chi connectivity index (χ0v) is 12.9. The van der Waals surface area contributed by atoms with Gasteiger partial charge in [-0.25, -0.2) is 4.98 Å². The highest BCUT2D eigenvalue weighted by Crippen LogP contribution is 2.24. The summed E-state index contributed by atoms with van der Waals surface area (Å²) in [4.78, 5) is 4.73. The lowest BCUT2D eigenvalue weighted by molar-refractivity contribution is 0.414. The van der Waals surface area contributed by atoms with Gasteiger partial charge in [-0.15, -0.1) is 11.6 Å². The first-order valence-electron chi connectivity index (χ1n) is 6.91. The number of ether oxygens (including phenoxy) is 1. The number of hydrogen-bond acceptors (Lipinski definition) is 2. The van der Waals surface area contributed by atoms with E-state index in [1.165, 1.54) is 5.56 Å². The smallest absolute Gasteiger partial charge is 0.119 e. The average molecular weight is 301 g/mol. The van der Waals surface area contributed by atoms with Crippen LogP contribution in [0.3, 0.4) is 0 Å². The molecule has 0 N–H and O–H groups in total. The van der Waals surface area contributed by atoms with E-state index in [-0.39, 0.29) is 0 Å². The van der Waals surface area contributed by atoms with Crippen LogP contribution in [0.25, 0.3) is 16.7 Å². The Kier molecular flexibility index (Phi) is 3.84. The molecule has 3 aromatic rings. The molecule has 0 atom stereocenters. The molecule has 21 heavy (non-hydrogen) atoms. The highest BCUT2D eigenvalue weighted by atomic mass is 35.5. The van der Waals surface area contributed by atoms with Crippen LogP contribution in [0.4, 0.5) is 0 Å². The number of methoxy groups -OCH3 is 1. The molecule has 0 spiro atoms. The molecule has 0 amide bonds. The Hall–Kier alpha value is -2.00. The molecule has 108 valence electrons. The van der Waals surface area contributed by atoms with Crippen molar-refractivity contribution < 1.29 is 4.74 Å². The summed E-state index contributed by atoms with van der Waals surface area (Å²) in [6, 6.07) is 14.3. The van der Waals surface area contributed by atoms with E-state index in [4.69, 9.17) is 21.3 Å². The number of rotatable bonds is 4. The number of benzene rings is 2. The van der Waals surface area contributed by atoms with Crippen molar-refractivity contribution in [2.24, 2.45) is 0 Å². The van der Waals surface area contributed by atoms with E-state index in [1.807, 2.05) is 24.3 Å². The zero-order chi connectivity index (χ0) is 14.8. The molecular weight excluding hydrogens is 284 g/mol. The minimum absolute atomic E-state index is 0.554. The molecule has 1 heterocycles. The van der Waals surface area contributed by atoms with Crippen LogP contribution in [0, 0.1) is 6.92 Å². The van der Waals surface area contributed by atoms with Crippen molar-refractivity contribution in [1.29, 1.82) is 0 Å². The molecule has 0 unspecified atom stereocenters. The number of alkyl halides is 1. The highest BCUT2D eigenvalue weighted by molar-refractivity contribution is 6.17. The summed E-state index contributed by atoms with van der Waals surface area (Å²) in [5.74, 6) is 2.38. The molecule has 2 aromatic carbocycles. The Labute approximate surface area is 129 Å². The van der Waals surface area contributed by atoms with Crippen LogP contribution < -0.4 is 4.74 Å². The Balaban J connectivity index is 2.20. The Morgan fingerprint density at radius 1 is 1.14 bits per heavy atom. The summed E-state index contributed by atoms with van der Waals surface area (Å²) >= 11 is 5.93. The molecular formula is C17H17ClN2O. The van der Waals surface area contributed by atoms with Crippen LogP contribution in [0.2, 0.25) is 0 Å². The lowest BCUT2D eigenvalue weighted by Gasteiger charge is -2.09. The van der Waals surface area contributed by atoms with Gasteiger partial charge in [0.1, 0.15) is 11.6 Å². The minimum Gasteiger partial charge on any atom is -0.497 e. The van der Waals surface area contributed by atoms with E-state index in [9.17, 15) is 0 Å². The third-order valence-corrected chi connectivity index (χ3v) is 3.72. The van der Waals surface area contributed by atoms with Gasteiger partial charge in [-0.1, -0.05) is 6.07 Å². The molecule has 0 saturated heterocycles. The van der Waals surface area contributed by atoms with E-state index in [2.05, 4.69) is 29.7 Å². The molecule has 3 rings (SSSR count). The standard InChI is InChI=1S/C17H17ClN2O/c1-12-3-8-16-15(11-12)19-17(9-10-18)20(16)13-4-6-14(21-2)7-5-13/h3-8,11H,9-10H2,1-2H3. The number of fused-ring (bicyclic) bond motifs is 1. The van der Waals surface area contributed by atoms with Crippen molar-refractivity contribution in [3.8, 4) is 11.4 Å². The topological polar surface area (TPSA) is 27.1 Å². The number of aromatic nitrogens is 2. The van der Waals surface area contributed by atoms with Crippen LogP contribution in [0.15, 0.2) is 42.5 Å². The van der Waals surface area contributed by atoms with Crippen molar-refractivity contribution in [2.75, 3.05) is 13.0 Å². The monoisotopic (exact) mass is 300 g/mol. The quantitative estimate of drug-likeness (QED) is 0.678. The normalized spacial score (nSPS) is 11.0. The third kappa shape index (κ3) is 2.61. The summed E-state index contributed by atoms with van der Waals surface area (Å²) in [7, 11) is 1.67. The summed E-state index contributed by atoms with van der Waals surface area (Å²) in [6.45, 7) is 2.08. The number of halogens is 1. The van der Waals surface area contributed by atoms with Crippen LogP contribution in [0.1, 0.15) is 11.4 Å². The maximum absolute atomic E-state index is 5.93.